The van der Waals surface area contributed by atoms with E-state index in [4.69, 9.17) is 0 Å². The highest BCUT2D eigenvalue weighted by Gasteiger charge is 2.33. The predicted octanol–water partition coefficient (Wildman–Crippen LogP) is 1.00. The van der Waals surface area contributed by atoms with Crippen LogP contribution in [0.4, 0.5) is 0 Å². The van der Waals surface area contributed by atoms with Crippen LogP contribution >= 0.6 is 11.8 Å². The zero-order valence-electron chi connectivity index (χ0n) is 14.7. The van der Waals surface area contributed by atoms with Gasteiger partial charge in [0.15, 0.2) is 20.8 Å². The molecule has 1 saturated heterocycles. The summed E-state index contributed by atoms with van der Waals surface area (Å²) >= 11 is 1.31. The van der Waals surface area contributed by atoms with Crippen molar-refractivity contribution >= 4 is 27.5 Å². The van der Waals surface area contributed by atoms with Crippen molar-refractivity contribution in [2.24, 2.45) is 7.05 Å². The standard InChI is InChI=1S/C16H21N5O3S2/c1-3-21(13-6-9-26(23,24)11-13)14(22)10-25-16-19-18-15(20(16)2)12-4-7-17-8-5-12/h4-5,7-8,13H,3,6,9-11H2,1-2H3/t13-/m1/s1. The molecule has 0 radical (unpaired) electrons. The zero-order valence-corrected chi connectivity index (χ0v) is 16.3. The first-order valence-corrected chi connectivity index (χ1v) is 11.1. The van der Waals surface area contributed by atoms with Gasteiger partial charge >= 0.3 is 0 Å². The maximum absolute atomic E-state index is 12.6. The van der Waals surface area contributed by atoms with Crippen molar-refractivity contribution in [1.82, 2.24) is 24.6 Å². The number of carbonyl (C=O) groups is 1. The van der Waals surface area contributed by atoms with E-state index < -0.39 is 9.84 Å². The number of carbonyl (C=O) groups excluding carboxylic acids is 1. The summed E-state index contributed by atoms with van der Waals surface area (Å²) < 4.78 is 25.2. The number of aromatic nitrogens is 4. The number of rotatable bonds is 6. The second-order valence-corrected chi connectivity index (χ2v) is 9.30. The Labute approximate surface area is 156 Å². The van der Waals surface area contributed by atoms with Crippen LogP contribution in [0.5, 0.6) is 0 Å². The molecule has 1 aliphatic rings. The zero-order chi connectivity index (χ0) is 18.7. The quantitative estimate of drug-likeness (QED) is 0.673. The van der Waals surface area contributed by atoms with E-state index in [1.54, 1.807) is 17.3 Å². The molecule has 0 unspecified atom stereocenters. The molecule has 1 aliphatic heterocycles. The van der Waals surface area contributed by atoms with Gasteiger partial charge in [0.25, 0.3) is 0 Å². The van der Waals surface area contributed by atoms with Gasteiger partial charge in [-0.05, 0) is 25.5 Å². The lowest BCUT2D eigenvalue weighted by Gasteiger charge is -2.26. The summed E-state index contributed by atoms with van der Waals surface area (Å²) in [5, 5.41) is 8.98. The second-order valence-electron chi connectivity index (χ2n) is 6.13. The molecule has 10 heteroatoms. The fraction of sp³-hybridized carbons (Fsp3) is 0.500. The Morgan fingerprint density at radius 1 is 1.35 bits per heavy atom. The molecule has 0 spiro atoms. The van der Waals surface area contributed by atoms with Crippen molar-refractivity contribution in [2.45, 2.75) is 24.5 Å². The van der Waals surface area contributed by atoms with Crippen LogP contribution in [-0.4, -0.2) is 68.8 Å². The molecule has 140 valence electrons. The number of thioether (sulfide) groups is 1. The first-order valence-electron chi connectivity index (χ1n) is 8.33. The minimum Gasteiger partial charge on any atom is -0.338 e. The van der Waals surface area contributed by atoms with E-state index in [0.29, 0.717) is 23.9 Å². The van der Waals surface area contributed by atoms with Gasteiger partial charge < -0.3 is 9.47 Å². The number of pyridine rings is 1. The third-order valence-corrected chi connectivity index (χ3v) is 7.16. The van der Waals surface area contributed by atoms with Crippen molar-refractivity contribution in [1.29, 1.82) is 0 Å². The largest absolute Gasteiger partial charge is 0.338 e. The summed E-state index contributed by atoms with van der Waals surface area (Å²) in [4.78, 5) is 18.2. The third kappa shape index (κ3) is 4.07. The van der Waals surface area contributed by atoms with Gasteiger partial charge in [-0.1, -0.05) is 11.8 Å². The van der Waals surface area contributed by atoms with E-state index in [-0.39, 0.29) is 29.2 Å². The number of hydrogen-bond acceptors (Lipinski definition) is 7. The van der Waals surface area contributed by atoms with Crippen molar-refractivity contribution < 1.29 is 13.2 Å². The van der Waals surface area contributed by atoms with Crippen LogP contribution in [0, 0.1) is 0 Å². The molecule has 1 amide bonds. The molecule has 0 saturated carbocycles. The highest BCUT2D eigenvalue weighted by atomic mass is 32.2. The fourth-order valence-corrected chi connectivity index (χ4v) is 5.59. The van der Waals surface area contributed by atoms with E-state index >= 15 is 0 Å². The maximum Gasteiger partial charge on any atom is 0.233 e. The van der Waals surface area contributed by atoms with Crippen LogP contribution in [0.15, 0.2) is 29.7 Å². The molecule has 26 heavy (non-hydrogen) atoms. The summed E-state index contributed by atoms with van der Waals surface area (Å²) in [6, 6.07) is 3.48. The van der Waals surface area contributed by atoms with Crippen LogP contribution in [0.25, 0.3) is 11.4 Å². The lowest BCUT2D eigenvalue weighted by atomic mass is 10.2. The number of nitrogens with zero attached hydrogens (tertiary/aromatic N) is 5. The summed E-state index contributed by atoms with van der Waals surface area (Å²) in [6.07, 6.45) is 3.90. The molecule has 3 rings (SSSR count). The SMILES string of the molecule is CCN(C(=O)CSc1nnc(-c2ccncc2)n1C)[C@@H]1CCS(=O)(=O)C1. The molecule has 2 aromatic rings. The molecule has 2 aromatic heterocycles. The van der Waals surface area contributed by atoms with Crippen LogP contribution < -0.4 is 0 Å². The Balaban J connectivity index is 1.65. The normalized spacial score (nSPS) is 18.8. The molecule has 1 atom stereocenters. The fourth-order valence-electron chi connectivity index (χ4n) is 3.06. The minimum atomic E-state index is -3.02. The molecule has 8 nitrogen and oxygen atoms in total. The smallest absolute Gasteiger partial charge is 0.233 e. The van der Waals surface area contributed by atoms with E-state index in [1.807, 2.05) is 30.7 Å². The molecule has 0 aromatic carbocycles. The van der Waals surface area contributed by atoms with Gasteiger partial charge in [0, 0.05) is 37.6 Å². The maximum atomic E-state index is 12.6. The van der Waals surface area contributed by atoms with Crippen molar-refractivity contribution in [3.8, 4) is 11.4 Å². The lowest BCUT2D eigenvalue weighted by molar-refractivity contribution is -0.129. The van der Waals surface area contributed by atoms with Gasteiger partial charge in [0.05, 0.1) is 17.3 Å². The topological polar surface area (TPSA) is 98.1 Å². The highest BCUT2D eigenvalue weighted by Crippen LogP contribution is 2.24. The van der Waals surface area contributed by atoms with Crippen LogP contribution in [-0.2, 0) is 21.7 Å². The van der Waals surface area contributed by atoms with E-state index in [9.17, 15) is 13.2 Å². The number of hydrogen-bond donors (Lipinski definition) is 0. The molecule has 0 bridgehead atoms. The third-order valence-electron chi connectivity index (χ3n) is 4.41. The van der Waals surface area contributed by atoms with Gasteiger partial charge in [-0.25, -0.2) is 8.42 Å². The Bertz CT molecular complexity index is 883. The highest BCUT2D eigenvalue weighted by molar-refractivity contribution is 7.99. The molecule has 3 heterocycles. The summed E-state index contributed by atoms with van der Waals surface area (Å²) in [7, 11) is -1.17. The molecule has 1 fully saturated rings. The van der Waals surface area contributed by atoms with E-state index in [1.165, 1.54) is 11.8 Å². The Morgan fingerprint density at radius 2 is 2.08 bits per heavy atom. The van der Waals surface area contributed by atoms with Crippen molar-refractivity contribution in [3.63, 3.8) is 0 Å². The molecule has 0 aliphatic carbocycles. The first-order chi connectivity index (χ1) is 12.4. The summed E-state index contributed by atoms with van der Waals surface area (Å²) in [6.45, 7) is 2.37. The Morgan fingerprint density at radius 3 is 2.69 bits per heavy atom. The van der Waals surface area contributed by atoms with Gasteiger partial charge in [0.1, 0.15) is 0 Å². The van der Waals surface area contributed by atoms with Crippen LogP contribution in [0.1, 0.15) is 13.3 Å². The molecule has 0 N–H and O–H groups in total. The summed E-state index contributed by atoms with van der Waals surface area (Å²) in [5.74, 6) is 1.05. The predicted molar refractivity (Wildman–Crippen MR) is 99.4 cm³/mol. The van der Waals surface area contributed by atoms with E-state index in [0.717, 1.165) is 5.56 Å². The monoisotopic (exact) mass is 395 g/mol. The molecular weight excluding hydrogens is 374 g/mol. The second kappa shape index (κ2) is 7.75. The average Bonchev–Trinajstić information content (AvgIpc) is 3.17. The Hall–Kier alpha value is -1.94. The number of amides is 1. The van der Waals surface area contributed by atoms with Gasteiger partial charge in [-0.15, -0.1) is 10.2 Å². The van der Waals surface area contributed by atoms with Gasteiger partial charge in [-0.2, -0.15) is 0 Å². The van der Waals surface area contributed by atoms with Gasteiger partial charge in [0.2, 0.25) is 5.91 Å². The average molecular weight is 396 g/mol. The van der Waals surface area contributed by atoms with Crippen molar-refractivity contribution in [2.75, 3.05) is 23.8 Å². The molecular formula is C16H21N5O3S2. The van der Waals surface area contributed by atoms with Crippen LogP contribution in [0.2, 0.25) is 0 Å². The first kappa shape index (κ1) is 18.8. The van der Waals surface area contributed by atoms with Gasteiger partial charge in [-0.3, -0.25) is 9.78 Å². The Kier molecular flexibility index (Phi) is 5.61. The minimum absolute atomic E-state index is 0.0629. The summed E-state index contributed by atoms with van der Waals surface area (Å²) in [5.41, 5.74) is 0.902. The lowest BCUT2D eigenvalue weighted by Crippen LogP contribution is -2.42. The van der Waals surface area contributed by atoms with Crippen molar-refractivity contribution in [3.05, 3.63) is 24.5 Å². The van der Waals surface area contributed by atoms with E-state index in [2.05, 4.69) is 15.2 Å². The number of sulfone groups is 1. The van der Waals surface area contributed by atoms with Crippen LogP contribution in [0.3, 0.4) is 0 Å².